The van der Waals surface area contributed by atoms with Gasteiger partial charge in [-0.05, 0) is 76.2 Å². The number of ketones is 1. The normalized spacial score (nSPS) is 32.8. The van der Waals surface area contributed by atoms with E-state index < -0.39 is 0 Å². The molecule has 0 N–H and O–H groups in total. The summed E-state index contributed by atoms with van der Waals surface area (Å²) in [5, 5.41) is 4.35. The third kappa shape index (κ3) is 3.25. The maximum atomic E-state index is 12.8. The van der Waals surface area contributed by atoms with Gasteiger partial charge < -0.3 is 4.74 Å². The molecule has 0 radical (unpaired) electrons. The predicted molar refractivity (Wildman–Crippen MR) is 92.9 cm³/mol. The summed E-state index contributed by atoms with van der Waals surface area (Å²) in [6.45, 7) is 4.38. The van der Waals surface area contributed by atoms with Crippen LogP contribution in [-0.4, -0.2) is 28.1 Å². The summed E-state index contributed by atoms with van der Waals surface area (Å²) in [6.07, 6.45) is 7.29. The molecule has 25 heavy (non-hydrogen) atoms. The summed E-state index contributed by atoms with van der Waals surface area (Å²) in [7, 11) is 0. The second-order valence-corrected chi connectivity index (χ2v) is 8.68. The van der Waals surface area contributed by atoms with Crippen LogP contribution in [0.2, 0.25) is 0 Å². The van der Waals surface area contributed by atoms with Crippen molar-refractivity contribution in [3.8, 4) is 0 Å². The Bertz CT molecular complexity index is 656. The molecule has 0 aromatic carbocycles. The number of esters is 1. The standard InChI is InChI=1S/C20H28N2O3/c1-13-5-14(2)22(21-13)4-3-19(24)25-12-18(23)20-9-15-6-16(10-20)8-17(7-15)11-20/h5,15-17H,3-4,6-12H2,1-2H3. The van der Waals surface area contributed by atoms with Gasteiger partial charge in [-0.25, -0.2) is 0 Å². The number of rotatable bonds is 6. The number of aryl methyl sites for hydroxylation is 3. The molecule has 5 heteroatoms. The van der Waals surface area contributed by atoms with Gasteiger partial charge in [-0.15, -0.1) is 0 Å². The SMILES string of the molecule is Cc1cc(C)n(CCC(=O)OCC(=O)C23CC4CC(CC(C4)C2)C3)n1. The van der Waals surface area contributed by atoms with E-state index in [-0.39, 0.29) is 30.2 Å². The van der Waals surface area contributed by atoms with E-state index in [0.29, 0.717) is 6.54 Å². The maximum absolute atomic E-state index is 12.8. The van der Waals surface area contributed by atoms with Crippen LogP contribution in [0.4, 0.5) is 0 Å². The molecule has 1 aromatic heterocycles. The zero-order chi connectivity index (χ0) is 17.6. The van der Waals surface area contributed by atoms with Crippen LogP contribution in [0.1, 0.15) is 56.3 Å². The molecule has 0 saturated heterocycles. The third-order valence-corrected chi connectivity index (χ3v) is 6.63. The van der Waals surface area contributed by atoms with Crippen molar-refractivity contribution in [3.05, 3.63) is 17.5 Å². The minimum Gasteiger partial charge on any atom is -0.458 e. The first-order chi connectivity index (χ1) is 11.9. The number of carbonyl (C=O) groups excluding carboxylic acids is 2. The maximum Gasteiger partial charge on any atom is 0.308 e. The molecular weight excluding hydrogens is 316 g/mol. The van der Waals surface area contributed by atoms with E-state index in [1.54, 1.807) is 0 Å². The zero-order valence-corrected chi connectivity index (χ0v) is 15.3. The van der Waals surface area contributed by atoms with Crippen LogP contribution in [0.15, 0.2) is 6.07 Å². The van der Waals surface area contributed by atoms with Crippen LogP contribution in [0.3, 0.4) is 0 Å². The Labute approximate surface area is 149 Å². The molecule has 0 unspecified atom stereocenters. The van der Waals surface area contributed by atoms with E-state index >= 15 is 0 Å². The molecule has 136 valence electrons. The minimum absolute atomic E-state index is 0.0396. The van der Waals surface area contributed by atoms with Crippen molar-refractivity contribution >= 4 is 11.8 Å². The molecular formula is C20H28N2O3. The van der Waals surface area contributed by atoms with E-state index in [1.165, 1.54) is 19.3 Å². The second-order valence-electron chi connectivity index (χ2n) is 8.68. The molecule has 0 amide bonds. The molecule has 5 nitrogen and oxygen atoms in total. The van der Waals surface area contributed by atoms with Crippen LogP contribution >= 0.6 is 0 Å². The van der Waals surface area contributed by atoms with Gasteiger partial charge in [0.25, 0.3) is 0 Å². The van der Waals surface area contributed by atoms with Gasteiger partial charge in [0.05, 0.1) is 18.7 Å². The first-order valence-electron chi connectivity index (χ1n) is 9.63. The smallest absolute Gasteiger partial charge is 0.308 e. The summed E-state index contributed by atoms with van der Waals surface area (Å²) in [5.41, 5.74) is 1.81. The highest BCUT2D eigenvalue weighted by Gasteiger charge is 2.54. The van der Waals surface area contributed by atoms with Crippen LogP contribution in [0.5, 0.6) is 0 Å². The number of nitrogens with zero attached hydrogens (tertiary/aromatic N) is 2. The summed E-state index contributed by atoms with van der Waals surface area (Å²) >= 11 is 0. The molecule has 1 heterocycles. The highest BCUT2D eigenvalue weighted by atomic mass is 16.5. The number of hydrogen-bond acceptors (Lipinski definition) is 4. The van der Waals surface area contributed by atoms with Crippen LogP contribution < -0.4 is 0 Å². The van der Waals surface area contributed by atoms with Gasteiger partial charge in [0.15, 0.2) is 12.4 Å². The molecule has 0 atom stereocenters. The lowest BCUT2D eigenvalue weighted by Gasteiger charge is -2.55. The number of Topliss-reactive ketones (excluding diaryl/α,β-unsaturated/α-hetero) is 1. The Morgan fingerprint density at radius 2 is 1.76 bits per heavy atom. The summed E-state index contributed by atoms with van der Waals surface area (Å²) in [4.78, 5) is 24.9. The largest absolute Gasteiger partial charge is 0.458 e. The van der Waals surface area contributed by atoms with Crippen molar-refractivity contribution in [2.24, 2.45) is 23.2 Å². The van der Waals surface area contributed by atoms with Crippen molar-refractivity contribution in [2.45, 2.75) is 65.3 Å². The van der Waals surface area contributed by atoms with E-state index in [1.807, 2.05) is 24.6 Å². The summed E-state index contributed by atoms with van der Waals surface area (Å²) in [6, 6.07) is 1.99. The fourth-order valence-corrected chi connectivity index (χ4v) is 5.92. The lowest BCUT2D eigenvalue weighted by molar-refractivity contribution is -0.157. The topological polar surface area (TPSA) is 61.2 Å². The Morgan fingerprint density at radius 1 is 1.16 bits per heavy atom. The highest BCUT2D eigenvalue weighted by Crippen LogP contribution is 2.60. The Balaban J connectivity index is 1.28. The third-order valence-electron chi connectivity index (χ3n) is 6.63. The van der Waals surface area contributed by atoms with Crippen molar-refractivity contribution in [3.63, 3.8) is 0 Å². The van der Waals surface area contributed by atoms with Crippen molar-refractivity contribution in [2.75, 3.05) is 6.61 Å². The number of carbonyl (C=O) groups is 2. The molecule has 4 aliphatic rings. The van der Waals surface area contributed by atoms with E-state index in [0.717, 1.165) is 48.4 Å². The minimum atomic E-state index is -0.300. The second kappa shape index (κ2) is 6.26. The lowest BCUT2D eigenvalue weighted by Crippen LogP contribution is -2.51. The van der Waals surface area contributed by atoms with Gasteiger partial charge >= 0.3 is 5.97 Å². The predicted octanol–water partition coefficient (Wildman–Crippen LogP) is 3.22. The fourth-order valence-electron chi connectivity index (χ4n) is 5.92. The van der Waals surface area contributed by atoms with E-state index in [9.17, 15) is 9.59 Å². The number of ether oxygens (including phenoxy) is 1. The molecule has 1 aromatic rings. The molecule has 0 aliphatic heterocycles. The molecule has 4 saturated carbocycles. The monoisotopic (exact) mass is 344 g/mol. The number of aromatic nitrogens is 2. The van der Waals surface area contributed by atoms with Gasteiger partial charge in [0, 0.05) is 11.1 Å². The Hall–Kier alpha value is -1.65. The average molecular weight is 344 g/mol. The summed E-state index contributed by atoms with van der Waals surface area (Å²) < 4.78 is 7.15. The van der Waals surface area contributed by atoms with Crippen LogP contribution in [-0.2, 0) is 20.9 Å². The van der Waals surface area contributed by atoms with Gasteiger partial charge in [-0.3, -0.25) is 14.3 Å². The first kappa shape index (κ1) is 16.8. The van der Waals surface area contributed by atoms with Crippen molar-refractivity contribution < 1.29 is 14.3 Å². The van der Waals surface area contributed by atoms with Gasteiger partial charge in [-0.1, -0.05) is 0 Å². The lowest BCUT2D eigenvalue weighted by atomic mass is 9.48. The number of hydrogen-bond donors (Lipinski definition) is 0. The first-order valence-corrected chi connectivity index (χ1v) is 9.63. The molecule has 0 spiro atoms. The van der Waals surface area contributed by atoms with Crippen LogP contribution in [0.25, 0.3) is 0 Å². The fraction of sp³-hybridized carbons (Fsp3) is 0.750. The van der Waals surface area contributed by atoms with Crippen molar-refractivity contribution in [1.82, 2.24) is 9.78 Å². The average Bonchev–Trinajstić information content (AvgIpc) is 2.87. The molecule has 4 bridgehead atoms. The van der Waals surface area contributed by atoms with Gasteiger partial charge in [0.2, 0.25) is 0 Å². The highest BCUT2D eigenvalue weighted by molar-refractivity contribution is 5.88. The molecule has 4 aliphatic carbocycles. The van der Waals surface area contributed by atoms with Crippen LogP contribution in [0, 0.1) is 37.0 Å². The summed E-state index contributed by atoms with van der Waals surface area (Å²) in [5.74, 6) is 2.07. The zero-order valence-electron chi connectivity index (χ0n) is 15.3. The van der Waals surface area contributed by atoms with Gasteiger partial charge in [0.1, 0.15) is 0 Å². The van der Waals surface area contributed by atoms with Crippen molar-refractivity contribution in [1.29, 1.82) is 0 Å². The Morgan fingerprint density at radius 3 is 2.28 bits per heavy atom. The molecule has 5 rings (SSSR count). The molecule has 4 fully saturated rings. The van der Waals surface area contributed by atoms with Gasteiger partial charge in [-0.2, -0.15) is 5.10 Å². The van der Waals surface area contributed by atoms with E-state index in [2.05, 4.69) is 5.10 Å². The van der Waals surface area contributed by atoms with E-state index in [4.69, 9.17) is 4.74 Å². The Kier molecular flexibility index (Phi) is 4.20. The quantitative estimate of drug-likeness (QED) is 0.744.